The number of hydrogen-bond acceptors (Lipinski definition) is 6. The Morgan fingerprint density at radius 1 is 1.18 bits per heavy atom. The predicted octanol–water partition coefficient (Wildman–Crippen LogP) is 3.62. The molecular formula is C21H26N4O3. The van der Waals surface area contributed by atoms with Crippen molar-refractivity contribution >= 4 is 11.5 Å². The van der Waals surface area contributed by atoms with Gasteiger partial charge in [0.05, 0.1) is 26.0 Å². The zero-order valence-corrected chi connectivity index (χ0v) is 16.8. The summed E-state index contributed by atoms with van der Waals surface area (Å²) in [7, 11) is 3.27. The first-order valence-corrected chi connectivity index (χ1v) is 9.55. The van der Waals surface area contributed by atoms with E-state index in [1.807, 2.05) is 42.6 Å². The van der Waals surface area contributed by atoms with Crippen LogP contribution >= 0.6 is 0 Å². The van der Waals surface area contributed by atoms with Crippen LogP contribution in [0.25, 0.3) is 16.8 Å². The fourth-order valence-electron chi connectivity index (χ4n) is 3.72. The predicted molar refractivity (Wildman–Crippen MR) is 108 cm³/mol. The normalized spacial score (nSPS) is 16.5. The molecule has 1 aliphatic rings. The number of ether oxygens (including phenoxy) is 3. The molecule has 0 aliphatic carbocycles. The van der Waals surface area contributed by atoms with Crippen molar-refractivity contribution in [3.8, 4) is 22.6 Å². The van der Waals surface area contributed by atoms with Crippen molar-refractivity contribution in [3.63, 3.8) is 0 Å². The number of benzene rings is 1. The molecule has 0 amide bonds. The summed E-state index contributed by atoms with van der Waals surface area (Å²) in [4.78, 5) is 4.77. The molecule has 1 atom stereocenters. The topological polar surface area (TPSA) is 69.9 Å². The van der Waals surface area contributed by atoms with Crippen LogP contribution in [-0.4, -0.2) is 48.1 Å². The Bertz CT molecular complexity index is 993. The Morgan fingerprint density at radius 2 is 2.00 bits per heavy atom. The minimum Gasteiger partial charge on any atom is -0.493 e. The number of rotatable bonds is 6. The van der Waals surface area contributed by atoms with Gasteiger partial charge in [0.1, 0.15) is 5.82 Å². The molecule has 3 heterocycles. The molecule has 1 aliphatic heterocycles. The molecule has 0 radical (unpaired) electrons. The zero-order valence-electron chi connectivity index (χ0n) is 16.8. The van der Waals surface area contributed by atoms with Crippen molar-refractivity contribution in [1.29, 1.82) is 0 Å². The summed E-state index contributed by atoms with van der Waals surface area (Å²) in [6, 6.07) is 7.90. The van der Waals surface area contributed by atoms with E-state index in [-0.39, 0.29) is 6.10 Å². The summed E-state index contributed by atoms with van der Waals surface area (Å²) >= 11 is 0. The number of aryl methyl sites for hydroxylation is 2. The number of hydrogen-bond donors (Lipinski definition) is 1. The number of anilines is 1. The molecule has 0 spiro atoms. The molecule has 1 fully saturated rings. The Balaban J connectivity index is 1.76. The maximum absolute atomic E-state index is 5.73. The number of fused-ring (bicyclic) bond motifs is 1. The van der Waals surface area contributed by atoms with Crippen molar-refractivity contribution in [3.05, 3.63) is 35.7 Å². The van der Waals surface area contributed by atoms with E-state index in [0.29, 0.717) is 11.5 Å². The van der Waals surface area contributed by atoms with Gasteiger partial charge in [0.25, 0.3) is 0 Å². The highest BCUT2D eigenvalue weighted by Gasteiger charge is 2.19. The van der Waals surface area contributed by atoms with E-state index in [1.54, 1.807) is 14.2 Å². The fraction of sp³-hybridized carbons (Fsp3) is 0.429. The summed E-state index contributed by atoms with van der Waals surface area (Å²) < 4.78 is 18.4. The lowest BCUT2D eigenvalue weighted by Crippen LogP contribution is -2.20. The smallest absolute Gasteiger partial charge is 0.165 e. The van der Waals surface area contributed by atoms with Gasteiger partial charge in [-0.1, -0.05) is 6.07 Å². The second-order valence-electron chi connectivity index (χ2n) is 7.06. The number of methoxy groups -OCH3 is 2. The zero-order chi connectivity index (χ0) is 19.7. The Kier molecular flexibility index (Phi) is 5.09. The van der Waals surface area contributed by atoms with Crippen molar-refractivity contribution in [1.82, 2.24) is 14.6 Å². The van der Waals surface area contributed by atoms with Crippen LogP contribution in [0.1, 0.15) is 24.2 Å². The molecule has 1 aromatic carbocycles. The number of aromatic nitrogens is 3. The van der Waals surface area contributed by atoms with E-state index in [4.69, 9.17) is 24.3 Å². The highest BCUT2D eigenvalue weighted by atomic mass is 16.5. The third kappa shape index (κ3) is 3.38. The van der Waals surface area contributed by atoms with Gasteiger partial charge in [-0.25, -0.2) is 4.98 Å². The molecule has 1 N–H and O–H groups in total. The third-order valence-corrected chi connectivity index (χ3v) is 5.10. The fourth-order valence-corrected chi connectivity index (χ4v) is 3.72. The van der Waals surface area contributed by atoms with E-state index < -0.39 is 0 Å². The van der Waals surface area contributed by atoms with Crippen LogP contribution in [0.2, 0.25) is 0 Å². The average molecular weight is 382 g/mol. The first-order chi connectivity index (χ1) is 13.6. The van der Waals surface area contributed by atoms with Crippen molar-refractivity contribution in [2.75, 3.05) is 32.7 Å². The molecule has 1 saturated heterocycles. The summed E-state index contributed by atoms with van der Waals surface area (Å²) in [5, 5.41) is 8.25. The third-order valence-electron chi connectivity index (χ3n) is 5.10. The minimum atomic E-state index is 0.255. The average Bonchev–Trinajstić information content (AvgIpc) is 3.32. The molecule has 28 heavy (non-hydrogen) atoms. The lowest BCUT2D eigenvalue weighted by Gasteiger charge is -2.13. The summed E-state index contributed by atoms with van der Waals surface area (Å²) in [5.74, 6) is 2.30. The molecule has 148 valence electrons. The molecular weight excluding hydrogens is 356 g/mol. The monoisotopic (exact) mass is 382 g/mol. The van der Waals surface area contributed by atoms with Crippen LogP contribution < -0.4 is 14.8 Å². The number of nitrogens with one attached hydrogen (secondary N) is 1. The van der Waals surface area contributed by atoms with E-state index in [9.17, 15) is 0 Å². The SMILES string of the molecule is COc1ccc(-c2c(C)nn3c(NCC4CCCO4)cc(C)nc23)cc1OC. The molecule has 7 heteroatoms. The van der Waals surface area contributed by atoms with Crippen LogP contribution in [0.4, 0.5) is 5.82 Å². The Morgan fingerprint density at radius 3 is 2.71 bits per heavy atom. The molecule has 0 saturated carbocycles. The molecule has 3 aromatic rings. The minimum absolute atomic E-state index is 0.255. The Hall–Kier alpha value is -2.80. The molecule has 1 unspecified atom stereocenters. The standard InChI is InChI=1S/C21H26N4O3/c1-13-10-19(22-12-16-6-5-9-28-16)25-21(23-13)20(14(2)24-25)15-7-8-17(26-3)18(11-15)27-4/h7-8,10-11,16,22H,5-6,9,12H2,1-4H3. The van der Waals surface area contributed by atoms with Gasteiger partial charge in [-0.2, -0.15) is 9.61 Å². The lowest BCUT2D eigenvalue weighted by atomic mass is 10.1. The maximum Gasteiger partial charge on any atom is 0.165 e. The van der Waals surface area contributed by atoms with Gasteiger partial charge in [-0.05, 0) is 44.4 Å². The second kappa shape index (κ2) is 7.67. The first kappa shape index (κ1) is 18.6. The van der Waals surface area contributed by atoms with Gasteiger partial charge >= 0.3 is 0 Å². The van der Waals surface area contributed by atoms with Gasteiger partial charge in [0.2, 0.25) is 0 Å². The van der Waals surface area contributed by atoms with Gasteiger partial charge in [-0.15, -0.1) is 0 Å². The largest absolute Gasteiger partial charge is 0.493 e. The van der Waals surface area contributed by atoms with Gasteiger partial charge in [0, 0.05) is 30.5 Å². The van der Waals surface area contributed by atoms with Crippen LogP contribution in [0.15, 0.2) is 24.3 Å². The van der Waals surface area contributed by atoms with E-state index >= 15 is 0 Å². The molecule has 2 aromatic heterocycles. The molecule has 4 rings (SSSR count). The maximum atomic E-state index is 5.73. The van der Waals surface area contributed by atoms with Crippen LogP contribution in [0.5, 0.6) is 11.5 Å². The molecule has 0 bridgehead atoms. The van der Waals surface area contributed by atoms with E-state index in [1.165, 1.54) is 0 Å². The number of nitrogens with zero attached hydrogens (tertiary/aromatic N) is 3. The lowest BCUT2D eigenvalue weighted by molar-refractivity contribution is 0.120. The molecule has 7 nitrogen and oxygen atoms in total. The van der Waals surface area contributed by atoms with Gasteiger partial charge in [0.15, 0.2) is 17.1 Å². The Labute approximate surface area is 164 Å². The summed E-state index contributed by atoms with van der Waals surface area (Å²) in [6.07, 6.45) is 2.47. The van der Waals surface area contributed by atoms with Crippen LogP contribution in [-0.2, 0) is 4.74 Å². The van der Waals surface area contributed by atoms with Crippen molar-refractivity contribution < 1.29 is 14.2 Å². The highest BCUT2D eigenvalue weighted by Crippen LogP contribution is 2.35. The van der Waals surface area contributed by atoms with E-state index in [0.717, 1.165) is 60.0 Å². The van der Waals surface area contributed by atoms with Crippen molar-refractivity contribution in [2.45, 2.75) is 32.8 Å². The van der Waals surface area contributed by atoms with Crippen LogP contribution in [0.3, 0.4) is 0 Å². The summed E-state index contributed by atoms with van der Waals surface area (Å²) in [6.45, 7) is 5.61. The van der Waals surface area contributed by atoms with Crippen molar-refractivity contribution in [2.24, 2.45) is 0 Å². The quantitative estimate of drug-likeness (QED) is 0.702. The second-order valence-corrected chi connectivity index (χ2v) is 7.06. The summed E-state index contributed by atoms with van der Waals surface area (Å²) in [5.41, 5.74) is 4.65. The van der Waals surface area contributed by atoms with Crippen LogP contribution in [0, 0.1) is 13.8 Å². The van der Waals surface area contributed by atoms with Gasteiger partial charge < -0.3 is 19.5 Å². The first-order valence-electron chi connectivity index (χ1n) is 9.55. The highest BCUT2D eigenvalue weighted by molar-refractivity contribution is 5.82. The van der Waals surface area contributed by atoms with E-state index in [2.05, 4.69) is 5.32 Å². The van der Waals surface area contributed by atoms with Gasteiger partial charge in [-0.3, -0.25) is 0 Å².